The molecule has 3 aromatic heterocycles. The molecule has 11 rings (SSSR count). The predicted molar refractivity (Wildman–Crippen MR) is 299 cm³/mol. The van der Waals surface area contributed by atoms with E-state index in [1.54, 1.807) is 0 Å². The van der Waals surface area contributed by atoms with Gasteiger partial charge < -0.3 is 14.5 Å². The number of nitrogens with zero attached hydrogens (tertiary/aromatic N) is 4. The molecule has 70 heavy (non-hydrogen) atoms. The number of para-hydroxylation sites is 3. The van der Waals surface area contributed by atoms with Gasteiger partial charge in [-0.1, -0.05) is 168 Å². The fourth-order valence-corrected chi connectivity index (χ4v) is 11.4. The molecular weight excluding hydrogens is 873 g/mol. The molecule has 0 atom stereocenters. The quantitative estimate of drug-likeness (QED) is 0.159. The predicted octanol–water partition coefficient (Wildman–Crippen LogP) is 18.4. The van der Waals surface area contributed by atoms with Gasteiger partial charge in [-0.15, -0.1) is 11.3 Å². The highest BCUT2D eigenvalue weighted by Crippen LogP contribution is 2.52. The third-order valence-corrected chi connectivity index (χ3v) is 15.4. The molecule has 7 aromatic carbocycles. The average molecular weight is 937 g/mol. The van der Waals surface area contributed by atoms with Crippen LogP contribution in [-0.4, -0.2) is 16.2 Å². The molecule has 0 unspecified atom stereocenters. The number of hydrogen-bond acceptors (Lipinski definition) is 5. The second kappa shape index (κ2) is 16.3. The molecule has 1 aliphatic rings. The van der Waals surface area contributed by atoms with Crippen molar-refractivity contribution in [2.45, 2.75) is 105 Å². The van der Waals surface area contributed by atoms with E-state index in [0.717, 1.165) is 39.7 Å². The molecule has 0 radical (unpaired) electrons. The SMILES string of the molecule is CC(C)(C)c1cccc(-c2cccc(-c3cc(C(C)(C)C)cc(C(C)(C)C)c3)c2N2CN(c3cccc(Oc4cc5sc6cccc7c6c5c(c4)n7-c4cc(C(C)(C)C)ccn4)c3)c3ccccc32)c1. The Hall–Kier alpha value is -6.89. The van der Waals surface area contributed by atoms with Gasteiger partial charge in [-0.3, -0.25) is 4.57 Å². The van der Waals surface area contributed by atoms with Crippen molar-refractivity contribution in [1.82, 2.24) is 9.55 Å². The lowest BCUT2D eigenvalue weighted by Gasteiger charge is -2.30. The molecule has 0 amide bonds. The third kappa shape index (κ3) is 8.00. The maximum atomic E-state index is 6.96. The van der Waals surface area contributed by atoms with Crippen LogP contribution in [-0.2, 0) is 21.7 Å². The van der Waals surface area contributed by atoms with Gasteiger partial charge in [-0.2, -0.15) is 0 Å². The Bertz CT molecular complexity index is 3590. The van der Waals surface area contributed by atoms with Gasteiger partial charge in [-0.25, -0.2) is 4.98 Å². The fraction of sp³-hybridized carbons (Fsp3) is 0.266. The van der Waals surface area contributed by atoms with Crippen molar-refractivity contribution in [2.24, 2.45) is 0 Å². The number of fused-ring (bicyclic) bond motifs is 1. The second-order valence-electron chi connectivity index (χ2n) is 23.5. The van der Waals surface area contributed by atoms with E-state index in [9.17, 15) is 0 Å². The van der Waals surface area contributed by atoms with Crippen molar-refractivity contribution >= 4 is 65.3 Å². The Balaban J connectivity index is 1.02. The molecule has 5 nitrogen and oxygen atoms in total. The minimum atomic E-state index is -0.0295. The monoisotopic (exact) mass is 936 g/mol. The lowest BCUT2D eigenvalue weighted by molar-refractivity contribution is 0.484. The van der Waals surface area contributed by atoms with Gasteiger partial charge >= 0.3 is 0 Å². The largest absolute Gasteiger partial charge is 0.457 e. The number of pyridine rings is 1. The van der Waals surface area contributed by atoms with Crippen molar-refractivity contribution in [3.8, 4) is 39.6 Å². The van der Waals surface area contributed by atoms with Crippen LogP contribution in [0.15, 0.2) is 158 Å². The van der Waals surface area contributed by atoms with Crippen LogP contribution in [0.4, 0.5) is 22.7 Å². The van der Waals surface area contributed by atoms with Gasteiger partial charge in [0.25, 0.3) is 0 Å². The number of anilines is 4. The molecule has 4 heterocycles. The zero-order valence-corrected chi connectivity index (χ0v) is 43.6. The molecular formula is C64H64N4OS. The maximum Gasteiger partial charge on any atom is 0.137 e. The number of ether oxygens (including phenoxy) is 1. The highest BCUT2D eigenvalue weighted by molar-refractivity contribution is 7.26. The molecule has 0 saturated carbocycles. The van der Waals surface area contributed by atoms with Crippen molar-refractivity contribution in [2.75, 3.05) is 16.5 Å². The Morgan fingerprint density at radius 3 is 1.76 bits per heavy atom. The molecule has 0 saturated heterocycles. The normalized spacial score (nSPS) is 13.6. The summed E-state index contributed by atoms with van der Waals surface area (Å²) >= 11 is 1.82. The van der Waals surface area contributed by atoms with Crippen molar-refractivity contribution in [3.63, 3.8) is 0 Å². The van der Waals surface area contributed by atoms with Crippen LogP contribution in [0.1, 0.15) is 105 Å². The van der Waals surface area contributed by atoms with Crippen molar-refractivity contribution in [1.29, 1.82) is 0 Å². The highest BCUT2D eigenvalue weighted by atomic mass is 32.1. The van der Waals surface area contributed by atoms with Crippen LogP contribution < -0.4 is 14.5 Å². The van der Waals surface area contributed by atoms with Gasteiger partial charge in [0.15, 0.2) is 0 Å². The summed E-state index contributed by atoms with van der Waals surface area (Å²) in [6.07, 6.45) is 1.94. The molecule has 0 N–H and O–H groups in total. The van der Waals surface area contributed by atoms with Gasteiger partial charge in [-0.05, 0) is 110 Å². The first kappa shape index (κ1) is 45.5. The Morgan fingerprint density at radius 1 is 0.457 bits per heavy atom. The number of hydrogen-bond donors (Lipinski definition) is 0. The first-order chi connectivity index (χ1) is 33.2. The van der Waals surface area contributed by atoms with Crippen LogP contribution >= 0.6 is 11.3 Å². The van der Waals surface area contributed by atoms with Gasteiger partial charge in [0.1, 0.15) is 24.0 Å². The van der Waals surface area contributed by atoms with E-state index in [-0.39, 0.29) is 21.7 Å². The summed E-state index contributed by atoms with van der Waals surface area (Å²) in [6.45, 7) is 28.2. The maximum absolute atomic E-state index is 6.96. The van der Waals surface area contributed by atoms with Crippen LogP contribution in [0.2, 0.25) is 0 Å². The topological polar surface area (TPSA) is 33.5 Å². The Morgan fingerprint density at radius 2 is 1.06 bits per heavy atom. The molecule has 1 aliphatic heterocycles. The molecule has 352 valence electrons. The standard InChI is InChI=1S/C64H64N4OS/c1-61(2,3)42-20-15-19-40(31-42)49-23-17-24-50(41-32-44(63(7,8)9)34-45(33-41)64(10,11)12)60(49)67-39-66(51-25-13-14-26-52(51)67)46-21-16-22-47(36-46)69-48-37-54-59-56(38-48)70-55-28-18-27-53(58(55)59)68(54)57-35-43(29-30-65-57)62(4,5)6/h13-38H,39H2,1-12H3. The summed E-state index contributed by atoms with van der Waals surface area (Å²) in [5, 5.41) is 2.55. The van der Waals surface area contributed by atoms with Crippen LogP contribution in [0.3, 0.4) is 0 Å². The number of benzene rings is 7. The Kier molecular flexibility index (Phi) is 10.6. The summed E-state index contributed by atoms with van der Waals surface area (Å²) in [5.41, 5.74) is 16.9. The Labute approximate surface area is 418 Å². The van der Waals surface area contributed by atoms with Gasteiger partial charge in [0, 0.05) is 55.3 Å². The number of aromatic nitrogens is 2. The van der Waals surface area contributed by atoms with Crippen LogP contribution in [0, 0.1) is 0 Å². The van der Waals surface area contributed by atoms with Crippen LogP contribution in [0.25, 0.3) is 59.3 Å². The average Bonchev–Trinajstić information content (AvgIpc) is 4.00. The molecule has 0 fully saturated rings. The van der Waals surface area contributed by atoms with Crippen molar-refractivity contribution in [3.05, 3.63) is 180 Å². The van der Waals surface area contributed by atoms with E-state index in [1.807, 2.05) is 17.5 Å². The smallest absolute Gasteiger partial charge is 0.137 e. The summed E-state index contributed by atoms with van der Waals surface area (Å²) in [7, 11) is 0. The zero-order valence-electron chi connectivity index (χ0n) is 42.8. The van der Waals surface area contributed by atoms with E-state index < -0.39 is 0 Å². The van der Waals surface area contributed by atoms with Crippen LogP contribution in [0.5, 0.6) is 11.5 Å². The summed E-state index contributed by atoms with van der Waals surface area (Å²) in [4.78, 5) is 9.93. The summed E-state index contributed by atoms with van der Waals surface area (Å²) < 4.78 is 11.8. The van der Waals surface area contributed by atoms with Crippen molar-refractivity contribution < 1.29 is 4.74 Å². The molecule has 0 bridgehead atoms. The lowest BCUT2D eigenvalue weighted by Crippen LogP contribution is -2.25. The second-order valence-corrected chi connectivity index (χ2v) is 24.6. The number of rotatable bonds is 7. The lowest BCUT2D eigenvalue weighted by atomic mass is 9.78. The molecule has 0 spiro atoms. The third-order valence-electron chi connectivity index (χ3n) is 14.3. The van der Waals surface area contributed by atoms with Gasteiger partial charge in [0.05, 0.1) is 28.1 Å². The van der Waals surface area contributed by atoms with E-state index in [4.69, 9.17) is 9.72 Å². The summed E-state index contributed by atoms with van der Waals surface area (Å²) in [5.74, 6) is 2.50. The fourth-order valence-electron chi connectivity index (χ4n) is 10.3. The molecule has 10 aromatic rings. The first-order valence-electron chi connectivity index (χ1n) is 24.8. The van der Waals surface area contributed by atoms with Gasteiger partial charge in [0.2, 0.25) is 0 Å². The van der Waals surface area contributed by atoms with E-state index in [1.165, 1.54) is 76.1 Å². The number of thiophene rings is 1. The summed E-state index contributed by atoms with van der Waals surface area (Å²) in [6, 6.07) is 56.2. The van der Waals surface area contributed by atoms with E-state index >= 15 is 0 Å². The molecule has 0 aliphatic carbocycles. The zero-order chi connectivity index (χ0) is 49.1. The highest BCUT2D eigenvalue weighted by Gasteiger charge is 2.33. The first-order valence-corrected chi connectivity index (χ1v) is 25.6. The van der Waals surface area contributed by atoms with E-state index in [2.05, 4.69) is 249 Å². The van der Waals surface area contributed by atoms with E-state index in [0.29, 0.717) is 6.67 Å². The molecule has 6 heteroatoms. The minimum Gasteiger partial charge on any atom is -0.457 e. The minimum absolute atomic E-state index is 0.000132.